The summed E-state index contributed by atoms with van der Waals surface area (Å²) < 4.78 is 5.65. The zero-order chi connectivity index (χ0) is 18.8. The number of nitrogens with zero attached hydrogens (tertiary/aromatic N) is 2. The number of hydrogen-bond donors (Lipinski definition) is 1. The molecule has 1 fully saturated rings. The lowest BCUT2D eigenvalue weighted by Crippen LogP contribution is -2.31. The number of hydrogen-bond acceptors (Lipinski definition) is 4. The van der Waals surface area contributed by atoms with Gasteiger partial charge in [0.1, 0.15) is 5.75 Å². The molecule has 1 amide bonds. The minimum Gasteiger partial charge on any atom is -0.495 e. The lowest BCUT2D eigenvalue weighted by molar-refractivity contribution is 0.100. The number of nitrogens with two attached hydrogens (primary N) is 1. The van der Waals surface area contributed by atoms with E-state index in [1.807, 2.05) is 30.3 Å². The Labute approximate surface area is 160 Å². The number of carbonyl (C=O) groups is 1. The van der Waals surface area contributed by atoms with Crippen molar-refractivity contribution in [1.29, 1.82) is 0 Å². The summed E-state index contributed by atoms with van der Waals surface area (Å²) >= 11 is 0. The molecule has 0 saturated carbocycles. The normalized spacial score (nSPS) is 16.2. The van der Waals surface area contributed by atoms with Gasteiger partial charge in [-0.2, -0.15) is 0 Å². The maximum Gasteiger partial charge on any atom is 0.248 e. The fourth-order valence-electron chi connectivity index (χ4n) is 4.00. The molecule has 0 bridgehead atoms. The van der Waals surface area contributed by atoms with E-state index in [4.69, 9.17) is 10.5 Å². The highest BCUT2D eigenvalue weighted by atomic mass is 16.5. The molecule has 2 aromatic carbocycles. The van der Waals surface area contributed by atoms with Crippen LogP contribution in [0.1, 0.15) is 35.2 Å². The second-order valence-corrected chi connectivity index (χ2v) is 7.04. The van der Waals surface area contributed by atoms with Gasteiger partial charge in [0.25, 0.3) is 0 Å². The van der Waals surface area contributed by atoms with E-state index in [1.54, 1.807) is 7.11 Å². The third-order valence-corrected chi connectivity index (χ3v) is 5.35. The predicted octanol–water partition coefficient (Wildman–Crippen LogP) is 3.99. The molecule has 2 aliphatic rings. The summed E-state index contributed by atoms with van der Waals surface area (Å²) in [6.45, 7) is 2.05. The molecule has 2 aliphatic heterocycles. The van der Waals surface area contributed by atoms with Crippen LogP contribution in [0, 0.1) is 0 Å². The number of fused-ring (bicyclic) bond motifs is 1. The monoisotopic (exact) mass is 363 g/mol. The number of anilines is 3. The van der Waals surface area contributed by atoms with Crippen molar-refractivity contribution in [3.8, 4) is 5.75 Å². The van der Waals surface area contributed by atoms with Crippen LogP contribution in [0.4, 0.5) is 17.1 Å². The molecule has 4 rings (SSSR count). The minimum atomic E-state index is -0.414. The van der Waals surface area contributed by atoms with Crippen LogP contribution in [-0.2, 0) is 6.42 Å². The molecule has 0 atom stereocenters. The van der Waals surface area contributed by atoms with Gasteiger partial charge in [0.05, 0.1) is 24.2 Å². The van der Waals surface area contributed by atoms with Crippen molar-refractivity contribution in [2.45, 2.75) is 25.7 Å². The quantitative estimate of drug-likeness (QED) is 0.892. The first-order valence-electron chi connectivity index (χ1n) is 9.49. The predicted molar refractivity (Wildman–Crippen MR) is 109 cm³/mol. The molecule has 5 heteroatoms. The van der Waals surface area contributed by atoms with Gasteiger partial charge in [-0.25, -0.2) is 0 Å². The van der Waals surface area contributed by atoms with Crippen LogP contribution < -0.4 is 20.3 Å². The van der Waals surface area contributed by atoms with Crippen LogP contribution in [0.5, 0.6) is 5.75 Å². The average Bonchev–Trinajstić information content (AvgIpc) is 2.73. The summed E-state index contributed by atoms with van der Waals surface area (Å²) in [4.78, 5) is 16.4. The first kappa shape index (κ1) is 17.5. The van der Waals surface area contributed by atoms with E-state index in [-0.39, 0.29) is 0 Å². The summed E-state index contributed by atoms with van der Waals surface area (Å²) in [5.74, 6) is 0.411. The Hall–Kier alpha value is -2.95. The Bertz CT molecular complexity index is 885. The minimum absolute atomic E-state index is 0.414. The van der Waals surface area contributed by atoms with Gasteiger partial charge >= 0.3 is 0 Å². The molecular weight excluding hydrogens is 338 g/mol. The van der Waals surface area contributed by atoms with Crippen LogP contribution in [-0.4, -0.2) is 26.1 Å². The Morgan fingerprint density at radius 1 is 1.07 bits per heavy atom. The van der Waals surface area contributed by atoms with Crippen LogP contribution in [0.2, 0.25) is 0 Å². The maximum atomic E-state index is 11.8. The maximum absolute atomic E-state index is 11.8. The molecule has 140 valence electrons. The summed E-state index contributed by atoms with van der Waals surface area (Å²) in [7, 11) is 1.69. The largest absolute Gasteiger partial charge is 0.495 e. The second-order valence-electron chi connectivity index (χ2n) is 7.04. The highest BCUT2D eigenvalue weighted by Gasteiger charge is 2.24. The molecular formula is C22H25N3O2. The first-order chi connectivity index (χ1) is 13.2. The van der Waals surface area contributed by atoms with E-state index in [0.29, 0.717) is 5.56 Å². The van der Waals surface area contributed by atoms with Gasteiger partial charge < -0.3 is 20.3 Å². The molecule has 1 saturated heterocycles. The molecule has 5 nitrogen and oxygen atoms in total. The van der Waals surface area contributed by atoms with Crippen molar-refractivity contribution in [3.05, 3.63) is 59.8 Å². The van der Waals surface area contributed by atoms with E-state index < -0.39 is 5.91 Å². The molecule has 0 aromatic heterocycles. The van der Waals surface area contributed by atoms with Crippen molar-refractivity contribution in [1.82, 2.24) is 0 Å². The molecule has 2 aromatic rings. The standard InChI is InChI=1S/C22H25N3O2/c1-27-20-9-5-7-16-8-6-14-25(21(16)20)19-15-17(22(23)26)10-11-18(19)24-12-3-2-4-13-24/h5-7,9-11,14-15H,2-4,8,12-13H2,1H3,(H2,23,26). The Morgan fingerprint density at radius 3 is 2.63 bits per heavy atom. The first-order valence-corrected chi connectivity index (χ1v) is 9.49. The van der Waals surface area contributed by atoms with Crippen molar-refractivity contribution >= 4 is 23.0 Å². The number of piperidine rings is 1. The van der Waals surface area contributed by atoms with Crippen LogP contribution in [0.25, 0.3) is 0 Å². The van der Waals surface area contributed by atoms with Gasteiger partial charge in [-0.1, -0.05) is 18.2 Å². The fourth-order valence-corrected chi connectivity index (χ4v) is 4.00. The van der Waals surface area contributed by atoms with Crippen molar-refractivity contribution < 1.29 is 9.53 Å². The van der Waals surface area contributed by atoms with Crippen molar-refractivity contribution in [2.75, 3.05) is 30.0 Å². The van der Waals surface area contributed by atoms with Gasteiger partial charge in [0.15, 0.2) is 0 Å². The number of benzene rings is 2. The second kappa shape index (κ2) is 7.35. The topological polar surface area (TPSA) is 58.8 Å². The molecule has 0 spiro atoms. The molecule has 0 radical (unpaired) electrons. The Kier molecular flexibility index (Phi) is 4.75. The number of amides is 1. The summed E-state index contributed by atoms with van der Waals surface area (Å²) in [5.41, 5.74) is 10.4. The fraction of sp³-hybridized carbons (Fsp3) is 0.318. The molecule has 27 heavy (non-hydrogen) atoms. The van der Waals surface area contributed by atoms with Gasteiger partial charge in [-0.3, -0.25) is 4.79 Å². The van der Waals surface area contributed by atoms with Gasteiger partial charge in [0, 0.05) is 24.9 Å². The summed E-state index contributed by atoms with van der Waals surface area (Å²) in [6.07, 6.45) is 8.71. The highest BCUT2D eigenvalue weighted by molar-refractivity contribution is 5.96. The smallest absolute Gasteiger partial charge is 0.248 e. The number of methoxy groups -OCH3 is 1. The van der Waals surface area contributed by atoms with E-state index in [9.17, 15) is 4.79 Å². The summed E-state index contributed by atoms with van der Waals surface area (Å²) in [5, 5.41) is 0. The Morgan fingerprint density at radius 2 is 1.89 bits per heavy atom. The number of primary amides is 1. The van der Waals surface area contributed by atoms with Gasteiger partial charge in [0.2, 0.25) is 5.91 Å². The van der Waals surface area contributed by atoms with E-state index >= 15 is 0 Å². The van der Waals surface area contributed by atoms with Gasteiger partial charge in [-0.05, 0) is 55.5 Å². The zero-order valence-corrected chi connectivity index (χ0v) is 15.6. The molecule has 0 unspecified atom stereocenters. The SMILES string of the molecule is COc1cccc2c1N(c1cc(C(N)=O)ccc1N1CCCCC1)C=CC2. The number of rotatable bonds is 4. The van der Waals surface area contributed by atoms with Crippen molar-refractivity contribution in [2.24, 2.45) is 5.73 Å². The van der Waals surface area contributed by atoms with E-state index in [2.05, 4.69) is 28.1 Å². The number of allylic oxidation sites excluding steroid dienone is 1. The van der Waals surface area contributed by atoms with Crippen LogP contribution in [0.15, 0.2) is 48.7 Å². The Balaban J connectivity index is 1.87. The zero-order valence-electron chi connectivity index (χ0n) is 15.6. The van der Waals surface area contributed by atoms with Crippen LogP contribution in [0.3, 0.4) is 0 Å². The third kappa shape index (κ3) is 3.25. The molecule has 2 N–H and O–H groups in total. The highest BCUT2D eigenvalue weighted by Crippen LogP contribution is 2.44. The van der Waals surface area contributed by atoms with E-state index in [1.165, 1.54) is 24.8 Å². The number of para-hydroxylation sites is 1. The number of ether oxygens (including phenoxy) is 1. The lowest BCUT2D eigenvalue weighted by Gasteiger charge is -2.35. The molecule has 0 aliphatic carbocycles. The molecule has 2 heterocycles. The third-order valence-electron chi connectivity index (χ3n) is 5.35. The summed E-state index contributed by atoms with van der Waals surface area (Å²) in [6, 6.07) is 11.9. The van der Waals surface area contributed by atoms with E-state index in [0.717, 1.165) is 42.3 Å². The van der Waals surface area contributed by atoms with Crippen molar-refractivity contribution in [3.63, 3.8) is 0 Å². The number of carbonyl (C=O) groups excluding carboxylic acids is 1. The van der Waals surface area contributed by atoms with Crippen LogP contribution >= 0.6 is 0 Å². The van der Waals surface area contributed by atoms with Gasteiger partial charge in [-0.15, -0.1) is 0 Å². The lowest BCUT2D eigenvalue weighted by atomic mass is 10.0. The average molecular weight is 363 g/mol.